The summed E-state index contributed by atoms with van der Waals surface area (Å²) in [5.41, 5.74) is 4.69. The molecule has 1 fully saturated rings. The first-order valence-corrected chi connectivity index (χ1v) is 12.0. The van der Waals surface area contributed by atoms with E-state index in [-0.39, 0.29) is 17.9 Å². The van der Waals surface area contributed by atoms with Crippen molar-refractivity contribution >= 4 is 28.5 Å². The molecule has 1 aromatic heterocycles. The Morgan fingerprint density at radius 1 is 1.00 bits per heavy atom. The molecule has 2 atom stereocenters. The second-order valence-electron chi connectivity index (χ2n) is 9.41. The number of aryl methyl sites for hydroxylation is 1. The number of aromatic amines is 1. The lowest BCUT2D eigenvalue weighted by atomic mass is 9.78. The zero-order valence-corrected chi connectivity index (χ0v) is 20.0. The molecule has 6 rings (SSSR count). The molecule has 1 N–H and O–H groups in total. The normalized spacial score (nSPS) is 21.4. The van der Waals surface area contributed by atoms with Crippen LogP contribution in [-0.2, 0) is 16.8 Å². The number of benzene rings is 3. The minimum Gasteiger partial charge on any atom is -0.497 e. The van der Waals surface area contributed by atoms with Gasteiger partial charge in [0.2, 0.25) is 0 Å². The zero-order valence-electron chi connectivity index (χ0n) is 20.0. The summed E-state index contributed by atoms with van der Waals surface area (Å²) in [5.74, 6) is 0.373. The summed E-state index contributed by atoms with van der Waals surface area (Å²) < 4.78 is 5.26. The van der Waals surface area contributed by atoms with Gasteiger partial charge in [-0.2, -0.15) is 0 Å². The smallest absolute Gasteiger partial charge is 0.332 e. The van der Waals surface area contributed by atoms with E-state index in [0.29, 0.717) is 18.0 Å². The van der Waals surface area contributed by atoms with Crippen molar-refractivity contribution in [1.29, 1.82) is 0 Å². The van der Waals surface area contributed by atoms with Crippen LogP contribution in [0.25, 0.3) is 10.9 Å². The fourth-order valence-electron chi connectivity index (χ4n) is 5.63. The number of amides is 3. The van der Waals surface area contributed by atoms with Crippen LogP contribution in [0.4, 0.5) is 10.5 Å². The summed E-state index contributed by atoms with van der Waals surface area (Å²) in [6, 6.07) is 23.5. The highest BCUT2D eigenvalue weighted by Crippen LogP contribution is 2.50. The van der Waals surface area contributed by atoms with E-state index in [2.05, 4.69) is 42.2 Å². The van der Waals surface area contributed by atoms with Crippen molar-refractivity contribution in [3.05, 3.63) is 95.2 Å². The predicted octanol–water partition coefficient (Wildman–Crippen LogP) is 5.57. The molecular weight excluding hydrogens is 438 g/mol. The number of ether oxygens (including phenoxy) is 1. The molecule has 6 heteroatoms. The Bertz CT molecular complexity index is 1460. The molecule has 2 aliphatic heterocycles. The van der Waals surface area contributed by atoms with Crippen LogP contribution in [-0.4, -0.2) is 35.5 Å². The molecule has 176 valence electrons. The first-order valence-electron chi connectivity index (χ1n) is 12.0. The van der Waals surface area contributed by atoms with E-state index in [9.17, 15) is 9.59 Å². The molecule has 0 spiro atoms. The summed E-state index contributed by atoms with van der Waals surface area (Å²) in [6.07, 6.45) is 0.970. The molecule has 3 aromatic carbocycles. The third kappa shape index (κ3) is 2.95. The third-order valence-electron chi connectivity index (χ3n) is 7.65. The molecule has 0 unspecified atom stereocenters. The molecule has 6 nitrogen and oxygen atoms in total. The lowest BCUT2D eigenvalue weighted by molar-refractivity contribution is -0.125. The Morgan fingerprint density at radius 3 is 2.40 bits per heavy atom. The van der Waals surface area contributed by atoms with Crippen molar-refractivity contribution in [2.75, 3.05) is 18.6 Å². The minimum absolute atomic E-state index is 0.0484. The van der Waals surface area contributed by atoms with Crippen molar-refractivity contribution < 1.29 is 14.3 Å². The van der Waals surface area contributed by atoms with Gasteiger partial charge in [0.25, 0.3) is 5.91 Å². The van der Waals surface area contributed by atoms with E-state index in [4.69, 9.17) is 4.74 Å². The Balaban J connectivity index is 1.53. The zero-order chi connectivity index (χ0) is 24.3. The molecule has 0 bridgehead atoms. The summed E-state index contributed by atoms with van der Waals surface area (Å²) in [6.45, 7) is 4.43. The van der Waals surface area contributed by atoms with E-state index in [1.807, 2.05) is 25.1 Å². The van der Waals surface area contributed by atoms with E-state index in [1.165, 1.54) is 10.5 Å². The Labute approximate surface area is 204 Å². The van der Waals surface area contributed by atoms with Gasteiger partial charge in [-0.1, -0.05) is 49.4 Å². The third-order valence-corrected chi connectivity index (χ3v) is 7.65. The summed E-state index contributed by atoms with van der Waals surface area (Å²) in [5, 5.41) is 1.09. The number of rotatable bonds is 4. The second kappa shape index (κ2) is 7.73. The molecular formula is C29H27N3O3. The predicted molar refractivity (Wildman–Crippen MR) is 136 cm³/mol. The monoisotopic (exact) mass is 465 g/mol. The molecule has 2 aliphatic rings. The molecule has 3 amide bonds. The number of para-hydroxylation sites is 1. The van der Waals surface area contributed by atoms with Gasteiger partial charge >= 0.3 is 6.03 Å². The van der Waals surface area contributed by atoms with Gasteiger partial charge in [0, 0.05) is 23.4 Å². The number of aromatic nitrogens is 1. The SMILES string of the molecule is CCc1ccc([C@H]2CN3C(=O)N(c4ccc(OC)cc4)C(=O)[C@]3(C)c3[nH]c4ccccc4c32)cc1. The molecule has 0 aliphatic carbocycles. The number of carbonyl (C=O) groups excluding carboxylic acids is 2. The molecule has 3 heterocycles. The second-order valence-corrected chi connectivity index (χ2v) is 9.41. The summed E-state index contributed by atoms with van der Waals surface area (Å²) in [4.78, 5) is 34.4. The topological polar surface area (TPSA) is 65.6 Å². The van der Waals surface area contributed by atoms with Crippen molar-refractivity contribution in [1.82, 2.24) is 9.88 Å². The standard InChI is InChI=1S/C29H27N3O3/c1-4-18-9-11-19(12-10-18)23-17-31-28(34)32(20-13-15-21(35-3)16-14-20)27(33)29(31,2)26-25(23)22-7-5-6-8-24(22)30-26/h5-16,23,30H,4,17H2,1-3H3/t23-,29+/m1/s1. The van der Waals surface area contributed by atoms with Crippen molar-refractivity contribution in [3.63, 3.8) is 0 Å². The lowest BCUT2D eigenvalue weighted by Crippen LogP contribution is -2.50. The largest absolute Gasteiger partial charge is 0.497 e. The van der Waals surface area contributed by atoms with Gasteiger partial charge in [0.1, 0.15) is 5.75 Å². The fraction of sp³-hybridized carbons (Fsp3) is 0.241. The van der Waals surface area contributed by atoms with Gasteiger partial charge < -0.3 is 14.6 Å². The van der Waals surface area contributed by atoms with Crippen LogP contribution in [0.15, 0.2) is 72.8 Å². The number of nitrogens with zero attached hydrogens (tertiary/aromatic N) is 2. The maximum atomic E-state index is 14.0. The van der Waals surface area contributed by atoms with Crippen LogP contribution in [0, 0.1) is 0 Å². The molecule has 0 saturated carbocycles. The van der Waals surface area contributed by atoms with Gasteiger partial charge in [0.05, 0.1) is 18.5 Å². The highest BCUT2D eigenvalue weighted by atomic mass is 16.5. The van der Waals surface area contributed by atoms with Crippen molar-refractivity contribution in [2.24, 2.45) is 0 Å². The number of fused-ring (bicyclic) bond motifs is 5. The lowest BCUT2D eigenvalue weighted by Gasteiger charge is -2.40. The average Bonchev–Trinajstić information content (AvgIpc) is 3.38. The van der Waals surface area contributed by atoms with Gasteiger partial charge in [0.15, 0.2) is 5.54 Å². The fourth-order valence-corrected chi connectivity index (χ4v) is 5.63. The van der Waals surface area contributed by atoms with Crippen LogP contribution >= 0.6 is 0 Å². The highest BCUT2D eigenvalue weighted by molar-refractivity contribution is 6.23. The van der Waals surface area contributed by atoms with E-state index in [0.717, 1.165) is 34.1 Å². The van der Waals surface area contributed by atoms with Crippen LogP contribution < -0.4 is 9.64 Å². The number of anilines is 1. The van der Waals surface area contributed by atoms with Gasteiger partial charge in [-0.25, -0.2) is 9.69 Å². The first kappa shape index (κ1) is 21.5. The van der Waals surface area contributed by atoms with Crippen LogP contribution in [0.1, 0.15) is 42.1 Å². The first-order chi connectivity index (χ1) is 17.0. The number of nitrogens with one attached hydrogen (secondary N) is 1. The van der Waals surface area contributed by atoms with Gasteiger partial charge in [-0.05, 0) is 60.4 Å². The van der Waals surface area contributed by atoms with E-state index < -0.39 is 5.54 Å². The average molecular weight is 466 g/mol. The van der Waals surface area contributed by atoms with Crippen molar-refractivity contribution in [3.8, 4) is 5.75 Å². The summed E-state index contributed by atoms with van der Waals surface area (Å²) >= 11 is 0. The van der Waals surface area contributed by atoms with Crippen LogP contribution in [0.5, 0.6) is 5.75 Å². The van der Waals surface area contributed by atoms with E-state index >= 15 is 0 Å². The van der Waals surface area contributed by atoms with Crippen LogP contribution in [0.2, 0.25) is 0 Å². The van der Waals surface area contributed by atoms with Gasteiger partial charge in [-0.15, -0.1) is 0 Å². The quantitative estimate of drug-likeness (QED) is 0.401. The molecule has 4 aromatic rings. The van der Waals surface area contributed by atoms with Crippen LogP contribution in [0.3, 0.4) is 0 Å². The number of hydrogen-bond donors (Lipinski definition) is 1. The maximum absolute atomic E-state index is 14.0. The maximum Gasteiger partial charge on any atom is 0.332 e. The minimum atomic E-state index is -1.12. The number of imide groups is 1. The molecule has 1 saturated heterocycles. The number of carbonyl (C=O) groups is 2. The number of urea groups is 1. The Kier molecular flexibility index (Phi) is 4.74. The molecule has 0 radical (unpaired) electrons. The Morgan fingerprint density at radius 2 is 1.71 bits per heavy atom. The van der Waals surface area contributed by atoms with Gasteiger partial charge in [-0.3, -0.25) is 4.79 Å². The molecule has 35 heavy (non-hydrogen) atoms. The summed E-state index contributed by atoms with van der Waals surface area (Å²) in [7, 11) is 1.59. The number of methoxy groups -OCH3 is 1. The highest BCUT2D eigenvalue weighted by Gasteiger charge is 2.60. The Hall–Kier alpha value is -4.06. The number of H-pyrrole nitrogens is 1. The van der Waals surface area contributed by atoms with E-state index in [1.54, 1.807) is 36.3 Å². The van der Waals surface area contributed by atoms with Crippen molar-refractivity contribution in [2.45, 2.75) is 31.7 Å². The number of hydrogen-bond acceptors (Lipinski definition) is 3.